The number of aliphatic hydroxyl groups is 1. The standard InChI is InChI=1S/C24H24F2N4O3.C14H18F2N2O2.C10H6N4O.2H2S/c1-3-7-19(30(2)23(31)28-14-18-10-6-11-20(25)22(18)26)15-33-24(32)29-21-12-16-8-4-5-9-17(16)13-27-21;1-3-5-11(9-19)18(2)14(20)17-8-10-6-4-7-12(15)13(10)16;11-14-13-10(15)9-5-7-3-1-2-4-8(7)6-12-9;;/h3-6,8-13,19H,1,7,14-15H2,2H3,(H,28,31)(H,27,29,32);3-4,6-7,11,19H,1,5,8-9H2,2H3,(H,17,20);1-6H;2*1H2/t19-;11-;;;/m00.../s1. The van der Waals surface area contributed by atoms with Gasteiger partial charge in [0, 0.05) is 66.4 Å². The van der Waals surface area contributed by atoms with Gasteiger partial charge in [-0.25, -0.2) is 36.9 Å². The van der Waals surface area contributed by atoms with Crippen LogP contribution >= 0.6 is 27.0 Å². The van der Waals surface area contributed by atoms with Gasteiger partial charge in [0.1, 0.15) is 18.1 Å². The highest BCUT2D eigenvalue weighted by molar-refractivity contribution is 7.59. The molecule has 6 aromatic rings. The summed E-state index contributed by atoms with van der Waals surface area (Å²) < 4.78 is 58.8. The Hall–Kier alpha value is -7.65. The van der Waals surface area contributed by atoms with E-state index in [9.17, 15) is 36.7 Å². The van der Waals surface area contributed by atoms with Gasteiger partial charge in [-0.3, -0.25) is 15.1 Å². The maximum atomic E-state index is 13.8. The summed E-state index contributed by atoms with van der Waals surface area (Å²) in [5.41, 5.74) is 8.37. The number of carbonyl (C=O) groups excluding carboxylic acids is 4. The normalized spacial score (nSPS) is 10.8. The van der Waals surface area contributed by atoms with E-state index in [2.05, 4.69) is 49.1 Å². The molecule has 0 bridgehead atoms. The van der Waals surface area contributed by atoms with Crippen molar-refractivity contribution >= 4 is 78.4 Å². The lowest BCUT2D eigenvalue weighted by Crippen LogP contribution is -2.45. The largest absolute Gasteiger partial charge is 0.447 e. The van der Waals surface area contributed by atoms with Gasteiger partial charge in [0.15, 0.2) is 23.3 Å². The van der Waals surface area contributed by atoms with Gasteiger partial charge in [-0.05, 0) is 58.5 Å². The molecule has 0 aliphatic heterocycles. The van der Waals surface area contributed by atoms with Crippen LogP contribution in [0.3, 0.4) is 0 Å². The van der Waals surface area contributed by atoms with Crippen molar-refractivity contribution in [3.8, 4) is 0 Å². The van der Waals surface area contributed by atoms with Gasteiger partial charge in [0.25, 0.3) is 5.91 Å². The molecule has 2 atom stereocenters. The second kappa shape index (κ2) is 30.0. The Morgan fingerprint density at radius 3 is 1.70 bits per heavy atom. The molecule has 6 rings (SSSR count). The molecular formula is C48H52F4N10O6S2. The number of carbonyl (C=O) groups is 4. The number of nitrogens with one attached hydrogen (secondary N) is 3. The van der Waals surface area contributed by atoms with Gasteiger partial charge in [-0.2, -0.15) is 27.0 Å². The number of benzene rings is 4. The number of nitrogens with zero attached hydrogens (tertiary/aromatic N) is 7. The number of azide groups is 1. The number of rotatable bonds is 15. The fourth-order valence-electron chi connectivity index (χ4n) is 6.13. The molecule has 0 fully saturated rings. The van der Waals surface area contributed by atoms with Crippen molar-refractivity contribution in [2.45, 2.75) is 38.0 Å². The van der Waals surface area contributed by atoms with E-state index in [4.69, 9.17) is 15.4 Å². The number of likely N-dealkylation sites (N-methyl/N-ethyl adjacent to an activating group) is 2. The predicted octanol–water partition coefficient (Wildman–Crippen LogP) is 9.80. The zero-order valence-corrected chi connectivity index (χ0v) is 40.0. The lowest BCUT2D eigenvalue weighted by Gasteiger charge is -2.27. The minimum absolute atomic E-state index is 0. The van der Waals surface area contributed by atoms with Crippen molar-refractivity contribution in [2.24, 2.45) is 5.11 Å². The van der Waals surface area contributed by atoms with E-state index in [0.29, 0.717) is 18.7 Å². The molecular weight excluding hydrogens is 953 g/mol. The van der Waals surface area contributed by atoms with E-state index in [0.717, 1.165) is 33.7 Å². The van der Waals surface area contributed by atoms with Crippen molar-refractivity contribution in [2.75, 3.05) is 32.6 Å². The highest BCUT2D eigenvalue weighted by Crippen LogP contribution is 2.18. The Morgan fingerprint density at radius 2 is 1.20 bits per heavy atom. The quantitative estimate of drug-likeness (QED) is 0.0255. The summed E-state index contributed by atoms with van der Waals surface area (Å²) >= 11 is 0. The van der Waals surface area contributed by atoms with Crippen LogP contribution in [0.25, 0.3) is 32.0 Å². The van der Waals surface area contributed by atoms with Gasteiger partial charge in [-0.15, -0.1) is 13.2 Å². The number of anilines is 1. The smallest absolute Gasteiger partial charge is 0.412 e. The van der Waals surface area contributed by atoms with Gasteiger partial charge in [0.2, 0.25) is 0 Å². The van der Waals surface area contributed by atoms with Crippen LogP contribution in [-0.4, -0.2) is 88.3 Å². The minimum atomic E-state index is -1.01. The van der Waals surface area contributed by atoms with E-state index in [1.165, 1.54) is 48.2 Å². The summed E-state index contributed by atoms with van der Waals surface area (Å²) in [4.78, 5) is 60.9. The number of hydrogen-bond acceptors (Lipinski definition) is 8. The molecule has 6 amide bonds. The van der Waals surface area contributed by atoms with Crippen LogP contribution in [0.1, 0.15) is 34.5 Å². The molecule has 2 aromatic heterocycles. The number of halogens is 4. The predicted molar refractivity (Wildman–Crippen MR) is 270 cm³/mol. The topological polar surface area (TPSA) is 215 Å². The van der Waals surface area contributed by atoms with Crippen molar-refractivity contribution in [1.29, 1.82) is 0 Å². The van der Waals surface area contributed by atoms with Gasteiger partial charge in [-0.1, -0.05) is 84.9 Å². The van der Waals surface area contributed by atoms with E-state index in [1.54, 1.807) is 36.7 Å². The molecule has 0 saturated heterocycles. The molecule has 0 aliphatic carbocycles. The Bertz CT molecular complexity index is 2790. The molecule has 0 unspecified atom stereocenters. The molecule has 0 radical (unpaired) electrons. The third kappa shape index (κ3) is 17.5. The van der Waals surface area contributed by atoms with E-state index < -0.39 is 59.4 Å². The fourth-order valence-corrected chi connectivity index (χ4v) is 6.13. The molecule has 0 saturated carbocycles. The van der Waals surface area contributed by atoms with Gasteiger partial charge < -0.3 is 30.3 Å². The Balaban J connectivity index is 0.000000387. The molecule has 22 heteroatoms. The second-order valence-electron chi connectivity index (χ2n) is 14.6. The number of pyridine rings is 2. The summed E-state index contributed by atoms with van der Waals surface area (Å²) in [7, 11) is 3.03. The molecule has 70 heavy (non-hydrogen) atoms. The van der Waals surface area contributed by atoms with Gasteiger partial charge in [0.05, 0.1) is 18.7 Å². The Kier molecular flexibility index (Phi) is 25.0. The summed E-state index contributed by atoms with van der Waals surface area (Å²) in [6.07, 6.45) is 6.47. The monoisotopic (exact) mass is 1000 g/mol. The van der Waals surface area contributed by atoms with Crippen molar-refractivity contribution in [3.63, 3.8) is 0 Å². The number of aliphatic hydroxyl groups excluding tert-OH is 1. The Morgan fingerprint density at radius 1 is 0.729 bits per heavy atom. The zero-order chi connectivity index (χ0) is 49.6. The molecule has 0 spiro atoms. The minimum Gasteiger partial charge on any atom is -0.447 e. The van der Waals surface area contributed by atoms with E-state index in [1.807, 2.05) is 48.5 Å². The molecule has 2 heterocycles. The molecule has 4 N–H and O–H groups in total. The number of amides is 6. The second-order valence-corrected chi connectivity index (χ2v) is 14.6. The lowest BCUT2D eigenvalue weighted by molar-refractivity contribution is 0.0995. The third-order valence-corrected chi connectivity index (χ3v) is 10.0. The van der Waals surface area contributed by atoms with E-state index >= 15 is 0 Å². The molecule has 16 nitrogen and oxygen atoms in total. The number of fused-ring (bicyclic) bond motifs is 2. The number of ether oxygens (including phenoxy) is 1. The first-order valence-electron chi connectivity index (χ1n) is 20.6. The molecule has 0 aliphatic rings. The number of urea groups is 2. The maximum absolute atomic E-state index is 13.8. The average Bonchev–Trinajstić information content (AvgIpc) is 3.35. The summed E-state index contributed by atoms with van der Waals surface area (Å²) in [6.45, 7) is 6.58. The van der Waals surface area contributed by atoms with Crippen molar-refractivity contribution < 1.29 is 46.6 Å². The first-order chi connectivity index (χ1) is 32.7. The van der Waals surface area contributed by atoms with Crippen LogP contribution in [0.4, 0.5) is 37.8 Å². The molecule has 4 aromatic carbocycles. The average molecular weight is 1010 g/mol. The summed E-state index contributed by atoms with van der Waals surface area (Å²) in [5.74, 6) is -4.25. The highest BCUT2D eigenvalue weighted by Gasteiger charge is 2.22. The highest BCUT2D eigenvalue weighted by atomic mass is 32.1. The van der Waals surface area contributed by atoms with Crippen LogP contribution in [0.15, 0.2) is 140 Å². The lowest BCUT2D eigenvalue weighted by atomic mass is 10.1. The zero-order valence-electron chi connectivity index (χ0n) is 38.0. The summed E-state index contributed by atoms with van der Waals surface area (Å²) in [5, 5.41) is 23.4. The number of hydrogen-bond donors (Lipinski definition) is 4. The summed E-state index contributed by atoms with van der Waals surface area (Å²) in [6, 6.07) is 24.0. The van der Waals surface area contributed by atoms with Crippen molar-refractivity contribution in [3.05, 3.63) is 185 Å². The SMILES string of the molecule is C=CC[C@@H](CO)N(C)C(=O)NCc1cccc(F)c1F.C=CC[C@@H](COC(=O)Nc1cc2ccccc2cn1)N(C)C(=O)NCc1cccc(F)c1F.S.S.[N-]=[N+]=NC(=O)c1cc2ccccc2cn1. The van der Waals surface area contributed by atoms with Crippen molar-refractivity contribution in [1.82, 2.24) is 30.4 Å². The number of aromatic nitrogens is 2. The van der Waals surface area contributed by atoms with E-state index in [-0.39, 0.29) is 70.1 Å². The first-order valence-corrected chi connectivity index (χ1v) is 20.6. The van der Waals surface area contributed by atoms with Crippen LogP contribution in [0, 0.1) is 23.3 Å². The van der Waals surface area contributed by atoms with Crippen LogP contribution in [0.2, 0.25) is 0 Å². The fraction of sp³-hybridized carbons (Fsp3) is 0.208. The van der Waals surface area contributed by atoms with Crippen LogP contribution in [-0.2, 0) is 17.8 Å². The first kappa shape index (κ1) is 58.5. The maximum Gasteiger partial charge on any atom is 0.412 e. The Labute approximate surface area is 415 Å². The third-order valence-electron chi connectivity index (χ3n) is 10.0. The van der Waals surface area contributed by atoms with Crippen LogP contribution in [0.5, 0.6) is 0 Å². The van der Waals surface area contributed by atoms with Gasteiger partial charge >= 0.3 is 18.2 Å². The molecule has 370 valence electrons. The van der Waals surface area contributed by atoms with Crippen LogP contribution < -0.4 is 16.0 Å².